The van der Waals surface area contributed by atoms with E-state index < -0.39 is 0 Å². The maximum absolute atomic E-state index is 12.2. The Balaban J connectivity index is 1.48. The summed E-state index contributed by atoms with van der Waals surface area (Å²) in [5.74, 6) is 0.542. The third-order valence-corrected chi connectivity index (χ3v) is 6.09. The van der Waals surface area contributed by atoms with Gasteiger partial charge in [0.2, 0.25) is 11.9 Å². The van der Waals surface area contributed by atoms with E-state index in [-0.39, 0.29) is 24.3 Å². The second kappa shape index (κ2) is 7.18. The Labute approximate surface area is 175 Å². The third kappa shape index (κ3) is 3.11. The van der Waals surface area contributed by atoms with E-state index in [0.29, 0.717) is 5.95 Å². The zero-order chi connectivity index (χ0) is 20.7. The van der Waals surface area contributed by atoms with E-state index in [0.717, 1.165) is 42.0 Å². The van der Waals surface area contributed by atoms with Crippen molar-refractivity contribution in [1.82, 2.24) is 15.0 Å². The van der Waals surface area contributed by atoms with Crippen LogP contribution in [0.25, 0.3) is 11.3 Å². The van der Waals surface area contributed by atoms with Gasteiger partial charge in [0.15, 0.2) is 0 Å². The van der Waals surface area contributed by atoms with Gasteiger partial charge < -0.3 is 14.9 Å². The molecular formula is C23H23N5O2. The highest BCUT2D eigenvalue weighted by molar-refractivity contribution is 5.94. The third-order valence-electron chi connectivity index (χ3n) is 6.09. The Kier molecular flexibility index (Phi) is 4.47. The van der Waals surface area contributed by atoms with Crippen molar-refractivity contribution in [1.29, 1.82) is 0 Å². The summed E-state index contributed by atoms with van der Waals surface area (Å²) in [6, 6.07) is 11.9. The average Bonchev–Trinajstić information content (AvgIpc) is 3.50. The lowest BCUT2D eigenvalue weighted by Gasteiger charge is -2.21. The molecule has 1 amide bonds. The van der Waals surface area contributed by atoms with E-state index in [2.05, 4.69) is 25.9 Å². The van der Waals surface area contributed by atoms with Gasteiger partial charge in [-0.2, -0.15) is 0 Å². The Hall–Kier alpha value is -3.32. The molecule has 1 aliphatic carbocycles. The van der Waals surface area contributed by atoms with E-state index in [9.17, 15) is 4.79 Å². The van der Waals surface area contributed by atoms with E-state index in [1.54, 1.807) is 18.1 Å². The summed E-state index contributed by atoms with van der Waals surface area (Å²) in [6.45, 7) is 0.697. The first-order valence-electron chi connectivity index (χ1n) is 10.1. The number of amides is 1. The highest BCUT2D eigenvalue weighted by Gasteiger charge is 2.52. The molecular weight excluding hydrogens is 378 g/mol. The van der Waals surface area contributed by atoms with Gasteiger partial charge in [-0.05, 0) is 42.7 Å². The van der Waals surface area contributed by atoms with Crippen LogP contribution in [0.2, 0.25) is 0 Å². The zero-order valence-electron chi connectivity index (χ0n) is 16.8. The van der Waals surface area contributed by atoms with Gasteiger partial charge in [-0.15, -0.1) is 0 Å². The summed E-state index contributed by atoms with van der Waals surface area (Å²) in [4.78, 5) is 29.6. The molecule has 0 radical (unpaired) electrons. The second-order valence-corrected chi connectivity index (χ2v) is 7.98. The second-order valence-electron chi connectivity index (χ2n) is 7.98. The van der Waals surface area contributed by atoms with E-state index >= 15 is 0 Å². The zero-order valence-corrected chi connectivity index (χ0v) is 16.8. The highest BCUT2D eigenvalue weighted by atomic mass is 16.3. The number of aliphatic hydroxyl groups excluding tert-OH is 1. The van der Waals surface area contributed by atoms with Crippen LogP contribution in [-0.2, 0) is 10.2 Å². The molecule has 2 aliphatic rings. The molecule has 3 aromatic rings. The monoisotopic (exact) mass is 401 g/mol. The molecule has 0 saturated heterocycles. The van der Waals surface area contributed by atoms with E-state index in [1.807, 2.05) is 42.7 Å². The molecule has 0 atom stereocenters. The summed E-state index contributed by atoms with van der Waals surface area (Å²) in [5.41, 5.74) is 5.05. The number of aliphatic hydroxyl groups is 1. The van der Waals surface area contributed by atoms with Crippen molar-refractivity contribution in [2.75, 3.05) is 30.0 Å². The van der Waals surface area contributed by atoms with Crippen molar-refractivity contribution in [3.05, 3.63) is 60.6 Å². The summed E-state index contributed by atoms with van der Waals surface area (Å²) >= 11 is 0. The van der Waals surface area contributed by atoms with Crippen LogP contribution in [0.15, 0.2) is 55.0 Å². The van der Waals surface area contributed by atoms with Gasteiger partial charge >= 0.3 is 0 Å². The molecule has 0 bridgehead atoms. The lowest BCUT2D eigenvalue weighted by molar-refractivity contribution is -0.118. The minimum absolute atomic E-state index is 0.110. The number of hydrogen-bond acceptors (Lipinski definition) is 6. The fourth-order valence-electron chi connectivity index (χ4n) is 4.16. The van der Waals surface area contributed by atoms with E-state index in [1.165, 1.54) is 5.56 Å². The van der Waals surface area contributed by atoms with Gasteiger partial charge in [-0.3, -0.25) is 9.78 Å². The molecule has 7 heteroatoms. The molecule has 0 unspecified atom stereocenters. The number of pyridine rings is 1. The normalized spacial score (nSPS) is 15.9. The number of carbonyl (C=O) groups excluding carboxylic acids is 1. The predicted octanol–water partition coefficient (Wildman–Crippen LogP) is 3.07. The van der Waals surface area contributed by atoms with Crippen molar-refractivity contribution in [3.8, 4) is 11.3 Å². The van der Waals surface area contributed by atoms with Gasteiger partial charge in [-0.25, -0.2) is 9.97 Å². The molecule has 1 N–H and O–H groups in total. The first kappa shape index (κ1) is 18.7. The molecule has 152 valence electrons. The molecule has 2 aromatic heterocycles. The number of fused-ring (bicyclic) bond motifs is 2. The van der Waals surface area contributed by atoms with Gasteiger partial charge in [-0.1, -0.05) is 12.1 Å². The molecule has 1 fully saturated rings. The van der Waals surface area contributed by atoms with Crippen LogP contribution in [-0.4, -0.2) is 46.2 Å². The van der Waals surface area contributed by atoms with Crippen LogP contribution >= 0.6 is 0 Å². The van der Waals surface area contributed by atoms with Gasteiger partial charge in [0.1, 0.15) is 0 Å². The molecule has 1 aromatic carbocycles. The number of hydrogen-bond donors (Lipinski definition) is 1. The number of nitrogens with zero attached hydrogens (tertiary/aromatic N) is 5. The van der Waals surface area contributed by atoms with Gasteiger partial charge in [0.05, 0.1) is 18.7 Å². The SMILES string of the molecule is CN(C(=O)CCO)c1ccc2c(c1)N(c1ncc(-c3ccccn3)cn1)CC21CC1. The minimum Gasteiger partial charge on any atom is -0.396 e. The molecule has 30 heavy (non-hydrogen) atoms. The van der Waals surface area contributed by atoms with Crippen molar-refractivity contribution in [2.45, 2.75) is 24.7 Å². The van der Waals surface area contributed by atoms with Gasteiger partial charge in [0, 0.05) is 54.5 Å². The topological polar surface area (TPSA) is 82.5 Å². The van der Waals surface area contributed by atoms with Crippen LogP contribution in [0.4, 0.5) is 17.3 Å². The first-order chi connectivity index (χ1) is 14.6. The Morgan fingerprint density at radius 3 is 2.63 bits per heavy atom. The van der Waals surface area contributed by atoms with Crippen LogP contribution < -0.4 is 9.80 Å². The smallest absolute Gasteiger partial charge is 0.229 e. The quantitative estimate of drug-likeness (QED) is 0.708. The molecule has 7 nitrogen and oxygen atoms in total. The maximum atomic E-state index is 12.2. The molecule has 1 aliphatic heterocycles. The Morgan fingerprint density at radius 2 is 1.97 bits per heavy atom. The minimum atomic E-state index is -0.153. The lowest BCUT2D eigenvalue weighted by atomic mass is 9.98. The van der Waals surface area contributed by atoms with E-state index in [4.69, 9.17) is 5.11 Å². The first-order valence-corrected chi connectivity index (χ1v) is 10.1. The molecule has 1 saturated carbocycles. The average molecular weight is 401 g/mol. The number of benzene rings is 1. The number of aromatic nitrogens is 3. The summed E-state index contributed by atoms with van der Waals surface area (Å²) in [7, 11) is 1.74. The summed E-state index contributed by atoms with van der Waals surface area (Å²) in [6.07, 6.45) is 7.79. The van der Waals surface area contributed by atoms with Crippen molar-refractivity contribution in [3.63, 3.8) is 0 Å². The fraction of sp³-hybridized carbons (Fsp3) is 0.304. The Bertz CT molecular complexity index is 1080. The van der Waals surface area contributed by atoms with Crippen molar-refractivity contribution < 1.29 is 9.90 Å². The van der Waals surface area contributed by atoms with Crippen LogP contribution in [0.1, 0.15) is 24.8 Å². The van der Waals surface area contributed by atoms with Crippen LogP contribution in [0.5, 0.6) is 0 Å². The predicted molar refractivity (Wildman–Crippen MR) is 115 cm³/mol. The van der Waals surface area contributed by atoms with Crippen LogP contribution in [0.3, 0.4) is 0 Å². The molecule has 1 spiro atoms. The standard InChI is InChI=1S/C23H23N5O2/c1-27(21(30)7-11-29)17-5-6-18-20(12-17)28(15-23(18)8-9-23)22-25-13-16(14-26-22)19-4-2-3-10-24-19/h2-6,10,12-14,29H,7-9,11,15H2,1H3. The van der Waals surface area contributed by atoms with Crippen molar-refractivity contribution in [2.24, 2.45) is 0 Å². The van der Waals surface area contributed by atoms with Crippen LogP contribution in [0, 0.1) is 0 Å². The number of rotatable bonds is 5. The largest absolute Gasteiger partial charge is 0.396 e. The summed E-state index contributed by atoms with van der Waals surface area (Å²) < 4.78 is 0. The van der Waals surface area contributed by atoms with Gasteiger partial charge in [0.25, 0.3) is 0 Å². The summed E-state index contributed by atoms with van der Waals surface area (Å²) in [5, 5.41) is 9.08. The highest BCUT2D eigenvalue weighted by Crippen LogP contribution is 2.58. The number of anilines is 3. The Morgan fingerprint density at radius 1 is 1.17 bits per heavy atom. The fourth-order valence-corrected chi connectivity index (χ4v) is 4.16. The maximum Gasteiger partial charge on any atom is 0.229 e. The molecule has 3 heterocycles. The van der Waals surface area contributed by atoms with Crippen molar-refractivity contribution >= 4 is 23.2 Å². The molecule has 5 rings (SSSR count). The lowest BCUT2D eigenvalue weighted by Crippen LogP contribution is -2.27. The number of carbonyl (C=O) groups is 1.